The molecule has 3 heterocycles. The third-order valence-corrected chi connectivity index (χ3v) is 7.66. The number of nitrogens with zero attached hydrogens (tertiary/aromatic N) is 4. The van der Waals surface area contributed by atoms with Crippen molar-refractivity contribution in [3.05, 3.63) is 71.7 Å². The largest absolute Gasteiger partial charge is 0.388 e. The summed E-state index contributed by atoms with van der Waals surface area (Å²) in [7, 11) is 2.01. The molecule has 5 heteroatoms. The molecule has 1 aliphatic heterocycles. The lowest BCUT2D eigenvalue weighted by Crippen LogP contribution is -2.35. The third kappa shape index (κ3) is 5.20. The Morgan fingerprint density at radius 3 is 2.45 bits per heavy atom. The molecule has 5 rings (SSSR count). The third-order valence-electron chi connectivity index (χ3n) is 7.66. The molecule has 1 aromatic carbocycles. The molecule has 1 saturated heterocycles. The first-order chi connectivity index (χ1) is 16.2. The molecule has 0 spiro atoms. The summed E-state index contributed by atoms with van der Waals surface area (Å²) in [5.41, 5.74) is 6.03. The quantitative estimate of drug-likeness (QED) is 0.547. The molecule has 2 aromatic heterocycles. The topological polar surface area (TPSA) is 54.2 Å². The average molecular weight is 445 g/mol. The highest BCUT2D eigenvalue weighted by atomic mass is 16.3. The fraction of sp³-hybridized carbons (Fsp3) is 0.500. The predicted octanol–water partition coefficient (Wildman–Crippen LogP) is 5.48. The van der Waals surface area contributed by atoms with Crippen LogP contribution in [0, 0.1) is 5.92 Å². The number of hydrogen-bond acceptors (Lipinski definition) is 4. The highest BCUT2D eigenvalue weighted by Crippen LogP contribution is 2.35. The first-order valence-electron chi connectivity index (χ1n) is 12.6. The Bertz CT molecular complexity index is 1020. The summed E-state index contributed by atoms with van der Waals surface area (Å²) in [6, 6.07) is 13.1. The van der Waals surface area contributed by atoms with Crippen LogP contribution in [0.2, 0.25) is 0 Å². The lowest BCUT2D eigenvalue weighted by molar-refractivity contribution is 0.0566. The van der Waals surface area contributed by atoms with Gasteiger partial charge in [0.1, 0.15) is 0 Å². The van der Waals surface area contributed by atoms with Gasteiger partial charge < -0.3 is 5.11 Å². The number of aliphatic hydroxyl groups is 1. The first kappa shape index (κ1) is 22.3. The fourth-order valence-corrected chi connectivity index (χ4v) is 5.74. The van der Waals surface area contributed by atoms with Gasteiger partial charge in [0, 0.05) is 43.3 Å². The van der Waals surface area contributed by atoms with Crippen molar-refractivity contribution in [1.82, 2.24) is 19.7 Å². The number of aliphatic hydroxyl groups excluding tert-OH is 1. The Labute approximate surface area is 197 Å². The van der Waals surface area contributed by atoms with E-state index in [0.717, 1.165) is 49.7 Å². The predicted molar refractivity (Wildman–Crippen MR) is 132 cm³/mol. The van der Waals surface area contributed by atoms with E-state index in [-0.39, 0.29) is 0 Å². The number of rotatable bonds is 6. The number of aryl methyl sites for hydroxylation is 1. The van der Waals surface area contributed by atoms with Crippen LogP contribution in [0.1, 0.15) is 73.7 Å². The number of benzene rings is 1. The second kappa shape index (κ2) is 10.2. The van der Waals surface area contributed by atoms with Crippen LogP contribution in [-0.2, 0) is 13.6 Å². The van der Waals surface area contributed by atoms with Gasteiger partial charge in [-0.3, -0.25) is 14.6 Å². The van der Waals surface area contributed by atoms with Crippen molar-refractivity contribution in [2.24, 2.45) is 13.0 Å². The number of piperidine rings is 1. The van der Waals surface area contributed by atoms with Crippen molar-refractivity contribution in [3.8, 4) is 11.3 Å². The van der Waals surface area contributed by atoms with Gasteiger partial charge in [-0.1, -0.05) is 49.6 Å². The first-order valence-corrected chi connectivity index (χ1v) is 12.6. The molecule has 3 aromatic rings. The molecule has 2 aliphatic rings. The van der Waals surface area contributed by atoms with E-state index in [1.165, 1.54) is 48.8 Å². The highest BCUT2D eigenvalue weighted by molar-refractivity contribution is 5.63. The molecule has 1 saturated carbocycles. The molecule has 1 atom stereocenters. The zero-order valence-electron chi connectivity index (χ0n) is 19.7. The van der Waals surface area contributed by atoms with Gasteiger partial charge in [0.15, 0.2) is 0 Å². The average Bonchev–Trinajstić information content (AvgIpc) is 3.25. The zero-order chi connectivity index (χ0) is 22.6. The Morgan fingerprint density at radius 1 is 1.00 bits per heavy atom. The van der Waals surface area contributed by atoms with Crippen molar-refractivity contribution in [2.75, 3.05) is 13.1 Å². The van der Waals surface area contributed by atoms with E-state index in [0.29, 0.717) is 5.92 Å². The normalized spacial score (nSPS) is 19.6. The molecule has 0 amide bonds. The second-order valence-corrected chi connectivity index (χ2v) is 9.98. The maximum absolute atomic E-state index is 10.8. The van der Waals surface area contributed by atoms with Crippen LogP contribution >= 0.6 is 0 Å². The molecular formula is C28H36N4O. The fourth-order valence-electron chi connectivity index (χ4n) is 5.74. The minimum atomic E-state index is -0.419. The number of aromatic nitrogens is 3. The standard InChI is InChI=1S/C28H36N4O/c1-31-19-26(20-32-16-13-24(14-17-32)28(33)25-8-5-15-29-18-25)27(30-31)23-11-9-22(10-12-23)21-6-3-2-4-7-21/h5,8-12,15,18-19,21,24,28,33H,2-4,6-7,13-14,16-17,20H2,1H3/t28-/m0/s1. The van der Waals surface area contributed by atoms with Gasteiger partial charge in [0.25, 0.3) is 0 Å². The van der Waals surface area contributed by atoms with E-state index in [9.17, 15) is 5.11 Å². The summed E-state index contributed by atoms with van der Waals surface area (Å²) in [5.74, 6) is 1.03. The minimum Gasteiger partial charge on any atom is -0.388 e. The molecule has 5 nitrogen and oxygen atoms in total. The Hall–Kier alpha value is -2.50. The van der Waals surface area contributed by atoms with E-state index in [1.807, 2.05) is 23.9 Å². The maximum Gasteiger partial charge on any atom is 0.0968 e. The van der Waals surface area contributed by atoms with Crippen LogP contribution in [0.15, 0.2) is 55.0 Å². The maximum atomic E-state index is 10.8. The lowest BCUT2D eigenvalue weighted by Gasteiger charge is -2.34. The van der Waals surface area contributed by atoms with Crippen molar-refractivity contribution in [3.63, 3.8) is 0 Å². The molecule has 0 unspecified atom stereocenters. The van der Waals surface area contributed by atoms with Crippen LogP contribution < -0.4 is 0 Å². The monoisotopic (exact) mass is 444 g/mol. The van der Waals surface area contributed by atoms with Crippen LogP contribution in [0.5, 0.6) is 0 Å². The lowest BCUT2D eigenvalue weighted by atomic mass is 9.84. The number of likely N-dealkylation sites (tertiary alicyclic amines) is 1. The van der Waals surface area contributed by atoms with E-state index in [1.54, 1.807) is 12.4 Å². The Kier molecular flexibility index (Phi) is 6.88. The molecule has 2 fully saturated rings. The second-order valence-electron chi connectivity index (χ2n) is 9.98. The molecule has 174 valence electrons. The number of hydrogen-bond donors (Lipinski definition) is 1. The van der Waals surface area contributed by atoms with Crippen LogP contribution in [0.4, 0.5) is 0 Å². The molecule has 0 bridgehead atoms. The Balaban J connectivity index is 1.23. The van der Waals surface area contributed by atoms with Gasteiger partial charge in [0.05, 0.1) is 11.8 Å². The van der Waals surface area contributed by atoms with Crippen molar-refractivity contribution >= 4 is 0 Å². The van der Waals surface area contributed by atoms with Gasteiger partial charge in [0.2, 0.25) is 0 Å². The van der Waals surface area contributed by atoms with Gasteiger partial charge >= 0.3 is 0 Å². The summed E-state index contributed by atoms with van der Waals surface area (Å²) < 4.78 is 1.94. The molecular weight excluding hydrogens is 408 g/mol. The summed E-state index contributed by atoms with van der Waals surface area (Å²) in [6.07, 6.45) is 14.1. The SMILES string of the molecule is Cn1cc(CN2CCC([C@H](O)c3cccnc3)CC2)c(-c2ccc(C3CCCCC3)cc2)n1. The van der Waals surface area contributed by atoms with E-state index >= 15 is 0 Å². The van der Waals surface area contributed by atoms with Gasteiger partial charge in [-0.15, -0.1) is 0 Å². The summed E-state index contributed by atoms with van der Waals surface area (Å²) in [6.45, 7) is 2.90. The smallest absolute Gasteiger partial charge is 0.0968 e. The summed E-state index contributed by atoms with van der Waals surface area (Å²) in [4.78, 5) is 6.67. The van der Waals surface area contributed by atoms with E-state index in [4.69, 9.17) is 5.10 Å². The highest BCUT2D eigenvalue weighted by Gasteiger charge is 2.27. The summed E-state index contributed by atoms with van der Waals surface area (Å²) in [5, 5.41) is 15.6. The minimum absolute atomic E-state index is 0.297. The Morgan fingerprint density at radius 2 is 1.76 bits per heavy atom. The van der Waals surface area contributed by atoms with Crippen molar-refractivity contribution in [1.29, 1.82) is 0 Å². The summed E-state index contributed by atoms with van der Waals surface area (Å²) >= 11 is 0. The van der Waals surface area contributed by atoms with Gasteiger partial charge in [-0.25, -0.2) is 0 Å². The van der Waals surface area contributed by atoms with Crippen LogP contribution in [-0.4, -0.2) is 37.9 Å². The van der Waals surface area contributed by atoms with Crippen LogP contribution in [0.25, 0.3) is 11.3 Å². The van der Waals surface area contributed by atoms with Crippen LogP contribution in [0.3, 0.4) is 0 Å². The number of pyridine rings is 1. The van der Waals surface area contributed by atoms with Crippen molar-refractivity contribution in [2.45, 2.75) is 63.5 Å². The van der Waals surface area contributed by atoms with E-state index < -0.39 is 6.10 Å². The van der Waals surface area contributed by atoms with Gasteiger partial charge in [-0.05, 0) is 67.8 Å². The van der Waals surface area contributed by atoms with Crippen molar-refractivity contribution < 1.29 is 5.11 Å². The molecule has 1 aliphatic carbocycles. The van der Waals surface area contributed by atoms with Gasteiger partial charge in [-0.2, -0.15) is 5.10 Å². The van der Waals surface area contributed by atoms with E-state index in [2.05, 4.69) is 40.3 Å². The zero-order valence-corrected chi connectivity index (χ0v) is 19.7. The molecule has 33 heavy (non-hydrogen) atoms. The molecule has 1 N–H and O–H groups in total. The molecule has 0 radical (unpaired) electrons.